The molecule has 0 aliphatic heterocycles. The lowest BCUT2D eigenvalue weighted by Crippen LogP contribution is -2.05. The third kappa shape index (κ3) is 2.29. The maximum absolute atomic E-state index is 5.69. The van der Waals surface area contributed by atoms with Crippen LogP contribution in [0.15, 0.2) is 18.2 Å². The molecular weight excluding hydrogens is 242 g/mol. The third-order valence-corrected chi connectivity index (χ3v) is 3.21. The largest absolute Gasteiger partial charge is 0.497 e. The molecular formula is C14H19N3O2. The Bertz CT molecular complexity index is 591. The summed E-state index contributed by atoms with van der Waals surface area (Å²) in [4.78, 5) is 4.47. The maximum atomic E-state index is 5.69. The molecule has 1 aromatic carbocycles. The summed E-state index contributed by atoms with van der Waals surface area (Å²) in [5.74, 6) is 2.37. The molecule has 5 heteroatoms. The van der Waals surface area contributed by atoms with Crippen LogP contribution < -0.4 is 15.2 Å². The summed E-state index contributed by atoms with van der Waals surface area (Å²) in [6.07, 6.45) is 0. The number of hydrogen-bond acceptors (Lipinski definition) is 4. The Morgan fingerprint density at radius 2 is 2.00 bits per heavy atom. The number of imidazole rings is 1. The number of nitrogens with zero attached hydrogens (tertiary/aromatic N) is 2. The van der Waals surface area contributed by atoms with Gasteiger partial charge in [-0.1, -0.05) is 0 Å². The summed E-state index contributed by atoms with van der Waals surface area (Å²) in [7, 11) is 5.24. The number of methoxy groups -OCH3 is 2. The first-order valence-electron chi connectivity index (χ1n) is 6.07. The van der Waals surface area contributed by atoms with Crippen LogP contribution in [0.1, 0.15) is 11.5 Å². The molecule has 0 unspecified atom stereocenters. The van der Waals surface area contributed by atoms with Gasteiger partial charge in [-0.05, 0) is 19.1 Å². The number of rotatable bonds is 4. The molecule has 2 aromatic rings. The van der Waals surface area contributed by atoms with Gasteiger partial charge in [-0.2, -0.15) is 0 Å². The number of nitrogens with two attached hydrogens (primary N) is 1. The van der Waals surface area contributed by atoms with Crippen LogP contribution in [-0.2, 0) is 13.6 Å². The first-order valence-corrected chi connectivity index (χ1v) is 6.07. The summed E-state index contributed by atoms with van der Waals surface area (Å²) in [5, 5.41) is 0. The molecule has 0 fully saturated rings. The van der Waals surface area contributed by atoms with Crippen molar-refractivity contribution in [1.82, 2.24) is 9.55 Å². The van der Waals surface area contributed by atoms with Gasteiger partial charge < -0.3 is 19.8 Å². The van der Waals surface area contributed by atoms with Crippen LogP contribution >= 0.6 is 0 Å². The molecule has 2 rings (SSSR count). The van der Waals surface area contributed by atoms with Crippen LogP contribution in [0.5, 0.6) is 11.5 Å². The number of benzene rings is 1. The fraction of sp³-hybridized carbons (Fsp3) is 0.357. The molecule has 0 bridgehead atoms. The Morgan fingerprint density at radius 3 is 2.53 bits per heavy atom. The van der Waals surface area contributed by atoms with Crippen LogP contribution in [0.2, 0.25) is 0 Å². The quantitative estimate of drug-likeness (QED) is 0.912. The standard InChI is InChI=1S/C14H19N3O2/c1-9-14(17(2)13(8-15)16-9)11-6-5-10(18-3)7-12(11)19-4/h5-7H,8,15H2,1-4H3. The van der Waals surface area contributed by atoms with Crippen LogP contribution in [0.25, 0.3) is 11.3 Å². The molecule has 0 saturated heterocycles. The molecule has 0 saturated carbocycles. The van der Waals surface area contributed by atoms with Crippen molar-refractivity contribution >= 4 is 0 Å². The van der Waals surface area contributed by atoms with Crippen LogP contribution in [-0.4, -0.2) is 23.8 Å². The average Bonchev–Trinajstić information content (AvgIpc) is 2.72. The molecule has 0 spiro atoms. The van der Waals surface area contributed by atoms with Gasteiger partial charge in [0.15, 0.2) is 0 Å². The predicted octanol–water partition coefficient (Wildman–Crippen LogP) is 1.87. The molecule has 1 aromatic heterocycles. The van der Waals surface area contributed by atoms with Gasteiger partial charge in [0.2, 0.25) is 0 Å². The Hall–Kier alpha value is -2.01. The molecule has 0 aliphatic carbocycles. The van der Waals surface area contributed by atoms with Gasteiger partial charge in [0.05, 0.1) is 32.2 Å². The zero-order valence-electron chi connectivity index (χ0n) is 11.7. The lowest BCUT2D eigenvalue weighted by atomic mass is 10.1. The van der Waals surface area contributed by atoms with E-state index in [4.69, 9.17) is 15.2 Å². The van der Waals surface area contributed by atoms with Crippen molar-refractivity contribution in [1.29, 1.82) is 0 Å². The summed E-state index contributed by atoms with van der Waals surface area (Å²) < 4.78 is 12.7. The highest BCUT2D eigenvalue weighted by Crippen LogP contribution is 2.35. The highest BCUT2D eigenvalue weighted by molar-refractivity contribution is 5.71. The minimum absolute atomic E-state index is 0.413. The zero-order valence-corrected chi connectivity index (χ0v) is 11.7. The van der Waals surface area contributed by atoms with Gasteiger partial charge >= 0.3 is 0 Å². The smallest absolute Gasteiger partial charge is 0.131 e. The SMILES string of the molecule is COc1ccc(-c2c(C)nc(CN)n2C)c(OC)c1. The van der Waals surface area contributed by atoms with Crippen molar-refractivity contribution in [2.45, 2.75) is 13.5 Å². The lowest BCUT2D eigenvalue weighted by molar-refractivity contribution is 0.395. The molecule has 2 N–H and O–H groups in total. The molecule has 0 amide bonds. The van der Waals surface area contributed by atoms with Crippen LogP contribution in [0.4, 0.5) is 0 Å². The van der Waals surface area contributed by atoms with Crippen molar-refractivity contribution in [3.8, 4) is 22.8 Å². The maximum Gasteiger partial charge on any atom is 0.131 e. The van der Waals surface area contributed by atoms with E-state index in [1.807, 2.05) is 36.7 Å². The van der Waals surface area contributed by atoms with E-state index < -0.39 is 0 Å². The fourth-order valence-electron chi connectivity index (χ4n) is 2.25. The van der Waals surface area contributed by atoms with E-state index in [9.17, 15) is 0 Å². The predicted molar refractivity (Wildman–Crippen MR) is 74.4 cm³/mol. The van der Waals surface area contributed by atoms with E-state index in [2.05, 4.69) is 4.98 Å². The topological polar surface area (TPSA) is 62.3 Å². The summed E-state index contributed by atoms with van der Waals surface area (Å²) in [5.41, 5.74) is 8.62. The number of ether oxygens (including phenoxy) is 2. The summed E-state index contributed by atoms with van der Waals surface area (Å²) in [6, 6.07) is 5.75. The zero-order chi connectivity index (χ0) is 14.0. The van der Waals surface area contributed by atoms with Crippen LogP contribution in [0.3, 0.4) is 0 Å². The minimum Gasteiger partial charge on any atom is -0.497 e. The van der Waals surface area contributed by atoms with Crippen molar-refractivity contribution in [2.75, 3.05) is 14.2 Å². The Kier molecular flexibility index (Phi) is 3.76. The molecule has 0 aliphatic rings. The Morgan fingerprint density at radius 1 is 1.26 bits per heavy atom. The van der Waals surface area contributed by atoms with Gasteiger partial charge in [0.25, 0.3) is 0 Å². The number of aryl methyl sites for hydroxylation is 1. The number of hydrogen-bond donors (Lipinski definition) is 1. The monoisotopic (exact) mass is 261 g/mol. The Balaban J connectivity index is 2.61. The van der Waals surface area contributed by atoms with E-state index in [1.165, 1.54) is 0 Å². The van der Waals surface area contributed by atoms with E-state index >= 15 is 0 Å². The second kappa shape index (κ2) is 5.32. The van der Waals surface area contributed by atoms with Crippen molar-refractivity contribution in [3.63, 3.8) is 0 Å². The summed E-state index contributed by atoms with van der Waals surface area (Å²) in [6.45, 7) is 2.38. The van der Waals surface area contributed by atoms with E-state index in [0.717, 1.165) is 34.3 Å². The first-order chi connectivity index (χ1) is 9.12. The Labute approximate surface area is 113 Å². The number of aromatic nitrogens is 2. The summed E-state index contributed by atoms with van der Waals surface area (Å²) >= 11 is 0. The second-order valence-corrected chi connectivity index (χ2v) is 4.29. The fourth-order valence-corrected chi connectivity index (χ4v) is 2.25. The van der Waals surface area contributed by atoms with Gasteiger partial charge in [-0.25, -0.2) is 4.98 Å². The minimum atomic E-state index is 0.413. The first kappa shape index (κ1) is 13.4. The highest BCUT2D eigenvalue weighted by Gasteiger charge is 2.16. The molecule has 102 valence electrons. The molecule has 1 heterocycles. The van der Waals surface area contributed by atoms with E-state index in [0.29, 0.717) is 6.54 Å². The normalized spacial score (nSPS) is 10.6. The van der Waals surface area contributed by atoms with Crippen molar-refractivity contribution < 1.29 is 9.47 Å². The molecule has 5 nitrogen and oxygen atoms in total. The third-order valence-electron chi connectivity index (χ3n) is 3.21. The van der Waals surface area contributed by atoms with Crippen LogP contribution in [0, 0.1) is 6.92 Å². The lowest BCUT2D eigenvalue weighted by Gasteiger charge is -2.12. The van der Waals surface area contributed by atoms with Gasteiger partial charge in [0, 0.05) is 18.7 Å². The van der Waals surface area contributed by atoms with Gasteiger partial charge in [-0.15, -0.1) is 0 Å². The van der Waals surface area contributed by atoms with Crippen molar-refractivity contribution in [2.24, 2.45) is 12.8 Å². The second-order valence-electron chi connectivity index (χ2n) is 4.29. The van der Waals surface area contributed by atoms with Gasteiger partial charge in [0.1, 0.15) is 17.3 Å². The molecule has 0 atom stereocenters. The molecule has 0 radical (unpaired) electrons. The van der Waals surface area contributed by atoms with E-state index in [-0.39, 0.29) is 0 Å². The van der Waals surface area contributed by atoms with Crippen molar-refractivity contribution in [3.05, 3.63) is 29.7 Å². The average molecular weight is 261 g/mol. The molecule has 19 heavy (non-hydrogen) atoms. The highest BCUT2D eigenvalue weighted by atomic mass is 16.5. The van der Waals surface area contributed by atoms with E-state index in [1.54, 1.807) is 14.2 Å². The van der Waals surface area contributed by atoms with Gasteiger partial charge in [-0.3, -0.25) is 0 Å².